The number of rotatable bonds is 2. The number of pyridine rings is 1. The largest absolute Gasteiger partial charge is 0.481 e. The summed E-state index contributed by atoms with van der Waals surface area (Å²) in [6.45, 7) is 0.758. The number of piperidine rings is 1. The van der Waals surface area contributed by atoms with Crippen LogP contribution in [0.5, 0.6) is 0 Å². The third-order valence-corrected chi connectivity index (χ3v) is 3.19. The normalized spacial score (nSPS) is 16.6. The molecular weight excluding hydrogens is 236 g/mol. The van der Waals surface area contributed by atoms with E-state index in [0.29, 0.717) is 25.9 Å². The van der Waals surface area contributed by atoms with Crippen molar-refractivity contribution < 1.29 is 14.7 Å². The fraction of sp³-hybridized carbons (Fsp3) is 0.417. The van der Waals surface area contributed by atoms with E-state index in [4.69, 9.17) is 5.11 Å². The lowest BCUT2D eigenvalue weighted by Crippen LogP contribution is -2.41. The van der Waals surface area contributed by atoms with Crippen LogP contribution < -0.4 is 5.43 Å². The summed E-state index contributed by atoms with van der Waals surface area (Å²) in [5.41, 5.74) is -0.217. The number of hydrogen-bond acceptors (Lipinski definition) is 3. The Morgan fingerprint density at radius 2 is 2.00 bits per heavy atom. The maximum absolute atomic E-state index is 12.1. The maximum atomic E-state index is 12.1. The van der Waals surface area contributed by atoms with E-state index >= 15 is 0 Å². The molecule has 1 aromatic rings. The Morgan fingerprint density at radius 1 is 1.33 bits per heavy atom. The summed E-state index contributed by atoms with van der Waals surface area (Å²) in [7, 11) is 0. The second kappa shape index (κ2) is 5.03. The van der Waals surface area contributed by atoms with Gasteiger partial charge in [-0.25, -0.2) is 0 Å². The highest BCUT2D eigenvalue weighted by atomic mass is 16.4. The summed E-state index contributed by atoms with van der Waals surface area (Å²) < 4.78 is 0. The van der Waals surface area contributed by atoms with Crippen LogP contribution in [-0.2, 0) is 4.79 Å². The summed E-state index contributed by atoms with van der Waals surface area (Å²) in [4.78, 5) is 38.6. The second-order valence-corrected chi connectivity index (χ2v) is 4.33. The minimum atomic E-state index is -0.820. The van der Waals surface area contributed by atoms with Gasteiger partial charge in [0.05, 0.1) is 5.92 Å². The molecule has 1 amide bonds. The summed E-state index contributed by atoms with van der Waals surface area (Å²) in [5.74, 6) is -1.54. The Bertz CT molecular complexity index is 515. The quantitative estimate of drug-likeness (QED) is 0.790. The predicted octanol–water partition coefficient (Wildman–Crippen LogP) is 0.312. The fourth-order valence-corrected chi connectivity index (χ4v) is 2.08. The Balaban J connectivity index is 2.07. The number of nitrogens with zero attached hydrogens (tertiary/aromatic N) is 1. The van der Waals surface area contributed by atoms with Gasteiger partial charge in [-0.15, -0.1) is 0 Å². The molecule has 0 spiro atoms. The van der Waals surface area contributed by atoms with Gasteiger partial charge in [-0.2, -0.15) is 0 Å². The Morgan fingerprint density at radius 3 is 2.56 bits per heavy atom. The molecule has 2 rings (SSSR count). The second-order valence-electron chi connectivity index (χ2n) is 4.33. The van der Waals surface area contributed by atoms with Crippen LogP contribution in [-0.4, -0.2) is 40.0 Å². The standard InChI is InChI=1S/C12H14N2O4/c15-10-1-4-13-7-9(10)11(16)14-5-2-8(3-6-14)12(17)18/h1,4,7-8H,2-3,5-6H2,(H,13,15)(H,17,18). The molecule has 1 aromatic heterocycles. The average molecular weight is 250 g/mol. The van der Waals surface area contributed by atoms with Crippen LogP contribution in [0.25, 0.3) is 0 Å². The summed E-state index contributed by atoms with van der Waals surface area (Å²) in [6, 6.07) is 1.30. The van der Waals surface area contributed by atoms with Gasteiger partial charge in [-0.3, -0.25) is 14.4 Å². The zero-order valence-corrected chi connectivity index (χ0v) is 9.76. The van der Waals surface area contributed by atoms with Crippen LogP contribution in [0, 0.1) is 5.92 Å². The Kier molecular flexibility index (Phi) is 3.45. The molecule has 2 N–H and O–H groups in total. The van der Waals surface area contributed by atoms with Crippen LogP contribution in [0.4, 0.5) is 0 Å². The zero-order chi connectivity index (χ0) is 13.1. The zero-order valence-electron chi connectivity index (χ0n) is 9.76. The number of carbonyl (C=O) groups is 2. The number of aromatic nitrogens is 1. The number of nitrogens with one attached hydrogen (secondary N) is 1. The predicted molar refractivity (Wildman–Crippen MR) is 63.3 cm³/mol. The van der Waals surface area contributed by atoms with Crippen LogP contribution in [0.2, 0.25) is 0 Å². The molecule has 0 aromatic carbocycles. The number of H-pyrrole nitrogens is 1. The number of carboxylic acids is 1. The summed E-state index contributed by atoms with van der Waals surface area (Å²) in [5, 5.41) is 8.87. The van der Waals surface area contributed by atoms with Crippen molar-refractivity contribution in [1.29, 1.82) is 0 Å². The van der Waals surface area contributed by atoms with E-state index in [9.17, 15) is 14.4 Å². The number of carbonyl (C=O) groups excluding carboxylic acids is 1. The lowest BCUT2D eigenvalue weighted by molar-refractivity contribution is -0.143. The van der Waals surface area contributed by atoms with Crippen molar-refractivity contribution in [3.63, 3.8) is 0 Å². The van der Waals surface area contributed by atoms with Crippen molar-refractivity contribution in [2.24, 2.45) is 5.92 Å². The average Bonchev–Trinajstić information content (AvgIpc) is 2.38. The first-order valence-corrected chi connectivity index (χ1v) is 5.79. The van der Waals surface area contributed by atoms with Gasteiger partial charge in [0, 0.05) is 31.5 Å². The first kappa shape index (κ1) is 12.3. The Labute approximate surface area is 103 Å². The van der Waals surface area contributed by atoms with Crippen LogP contribution in [0.1, 0.15) is 23.2 Å². The van der Waals surface area contributed by atoms with E-state index in [1.54, 1.807) is 0 Å². The molecule has 6 nitrogen and oxygen atoms in total. The number of aliphatic carboxylic acids is 1. The van der Waals surface area contributed by atoms with E-state index in [0.717, 1.165) is 0 Å². The third kappa shape index (κ3) is 2.42. The highest BCUT2D eigenvalue weighted by molar-refractivity contribution is 5.93. The monoisotopic (exact) mass is 250 g/mol. The first-order valence-electron chi connectivity index (χ1n) is 5.79. The maximum Gasteiger partial charge on any atom is 0.306 e. The number of amides is 1. The highest BCUT2D eigenvalue weighted by Crippen LogP contribution is 2.18. The number of carboxylic acid groups (broad SMARTS) is 1. The molecule has 6 heteroatoms. The fourth-order valence-electron chi connectivity index (χ4n) is 2.08. The van der Waals surface area contributed by atoms with Crippen molar-refractivity contribution in [3.8, 4) is 0 Å². The van der Waals surface area contributed by atoms with Crippen molar-refractivity contribution >= 4 is 11.9 Å². The van der Waals surface area contributed by atoms with E-state index in [2.05, 4.69) is 4.98 Å². The Hall–Kier alpha value is -2.11. The highest BCUT2D eigenvalue weighted by Gasteiger charge is 2.28. The molecule has 0 radical (unpaired) electrons. The van der Waals surface area contributed by atoms with E-state index in [-0.39, 0.29) is 22.8 Å². The topological polar surface area (TPSA) is 90.5 Å². The van der Waals surface area contributed by atoms with Gasteiger partial charge in [0.25, 0.3) is 5.91 Å². The smallest absolute Gasteiger partial charge is 0.306 e. The molecule has 0 atom stereocenters. The molecule has 1 aliphatic heterocycles. The molecule has 1 aliphatic rings. The number of hydrogen-bond donors (Lipinski definition) is 2. The molecule has 0 aliphatic carbocycles. The molecule has 18 heavy (non-hydrogen) atoms. The van der Waals surface area contributed by atoms with Gasteiger partial charge in [0.15, 0.2) is 5.43 Å². The van der Waals surface area contributed by atoms with E-state index < -0.39 is 5.97 Å². The van der Waals surface area contributed by atoms with Gasteiger partial charge >= 0.3 is 5.97 Å². The van der Waals surface area contributed by atoms with E-state index in [1.807, 2.05) is 0 Å². The first-order chi connectivity index (χ1) is 8.59. The van der Waals surface area contributed by atoms with Gasteiger partial charge in [0.1, 0.15) is 5.56 Å². The van der Waals surface area contributed by atoms with Crippen molar-refractivity contribution in [1.82, 2.24) is 9.88 Å². The van der Waals surface area contributed by atoms with Crippen molar-refractivity contribution in [2.45, 2.75) is 12.8 Å². The molecule has 0 unspecified atom stereocenters. The molecule has 1 fully saturated rings. The number of aromatic amines is 1. The third-order valence-electron chi connectivity index (χ3n) is 3.19. The lowest BCUT2D eigenvalue weighted by atomic mass is 9.97. The minimum Gasteiger partial charge on any atom is -0.481 e. The summed E-state index contributed by atoms with van der Waals surface area (Å²) in [6.07, 6.45) is 3.72. The van der Waals surface area contributed by atoms with E-state index in [1.165, 1.54) is 23.4 Å². The minimum absolute atomic E-state index is 0.103. The molecular formula is C12H14N2O4. The summed E-state index contributed by atoms with van der Waals surface area (Å²) >= 11 is 0. The molecule has 96 valence electrons. The van der Waals surface area contributed by atoms with Gasteiger partial charge < -0.3 is 15.0 Å². The molecule has 1 saturated heterocycles. The van der Waals surface area contributed by atoms with Gasteiger partial charge in [-0.1, -0.05) is 0 Å². The van der Waals surface area contributed by atoms with Crippen molar-refractivity contribution in [2.75, 3.05) is 13.1 Å². The molecule has 2 heterocycles. The number of likely N-dealkylation sites (tertiary alicyclic amines) is 1. The SMILES string of the molecule is O=C(O)C1CCN(C(=O)c2c[nH]ccc2=O)CC1. The van der Waals surface area contributed by atoms with Crippen LogP contribution in [0.15, 0.2) is 23.3 Å². The molecule has 0 bridgehead atoms. The van der Waals surface area contributed by atoms with Gasteiger partial charge in [-0.05, 0) is 12.8 Å². The van der Waals surface area contributed by atoms with Crippen LogP contribution >= 0.6 is 0 Å². The lowest BCUT2D eigenvalue weighted by Gasteiger charge is -2.29. The van der Waals surface area contributed by atoms with Gasteiger partial charge in [0.2, 0.25) is 0 Å². The van der Waals surface area contributed by atoms with Crippen LogP contribution in [0.3, 0.4) is 0 Å². The van der Waals surface area contributed by atoms with Crippen molar-refractivity contribution in [3.05, 3.63) is 34.2 Å². The molecule has 0 saturated carbocycles.